The summed E-state index contributed by atoms with van der Waals surface area (Å²) in [6.07, 6.45) is 0. The number of anilines is 1. The fourth-order valence-electron chi connectivity index (χ4n) is 1.99. The van der Waals surface area contributed by atoms with Gasteiger partial charge in [0.05, 0.1) is 5.69 Å². The zero-order valence-corrected chi connectivity index (χ0v) is 14.3. The van der Waals surface area contributed by atoms with Crippen LogP contribution in [0.4, 0.5) is 5.69 Å². The molecule has 0 bridgehead atoms. The molecule has 2 aromatic rings. The van der Waals surface area contributed by atoms with Crippen LogP contribution in [0.2, 0.25) is 0 Å². The third kappa shape index (κ3) is 3.28. The minimum atomic E-state index is -3.62. The highest BCUT2D eigenvalue weighted by atomic mass is 79.9. The van der Waals surface area contributed by atoms with Gasteiger partial charge in [-0.1, -0.05) is 18.2 Å². The second kappa shape index (κ2) is 6.17. The second-order valence-electron chi connectivity index (χ2n) is 4.78. The maximum Gasteiger partial charge on any atom is 0.265 e. The van der Waals surface area contributed by atoms with Crippen molar-refractivity contribution < 1.29 is 8.42 Å². The summed E-state index contributed by atoms with van der Waals surface area (Å²) in [5.74, 6) is 0. The molecule has 0 amide bonds. The molecule has 21 heavy (non-hydrogen) atoms. The fourth-order valence-corrected chi connectivity index (χ4v) is 4.26. The summed E-state index contributed by atoms with van der Waals surface area (Å²) < 4.78 is 27.3. The summed E-state index contributed by atoms with van der Waals surface area (Å²) in [6.45, 7) is 2.29. The van der Waals surface area contributed by atoms with E-state index >= 15 is 0 Å². The van der Waals surface area contributed by atoms with Gasteiger partial charge in [-0.3, -0.25) is 4.31 Å². The van der Waals surface area contributed by atoms with Crippen molar-refractivity contribution in [2.45, 2.75) is 18.4 Å². The molecule has 0 aromatic heterocycles. The van der Waals surface area contributed by atoms with Crippen molar-refractivity contribution in [3.8, 4) is 0 Å². The Labute approximate surface area is 133 Å². The monoisotopic (exact) mass is 368 g/mol. The molecule has 0 spiro atoms. The number of hydrogen-bond acceptors (Lipinski definition) is 3. The van der Waals surface area contributed by atoms with E-state index < -0.39 is 10.0 Å². The van der Waals surface area contributed by atoms with Crippen molar-refractivity contribution in [2.75, 3.05) is 11.4 Å². The van der Waals surface area contributed by atoms with E-state index in [0.29, 0.717) is 16.7 Å². The minimum absolute atomic E-state index is 0.226. The van der Waals surface area contributed by atoms with Gasteiger partial charge in [-0.15, -0.1) is 0 Å². The number of benzene rings is 2. The maximum absolute atomic E-state index is 12.7. The molecule has 2 aromatic carbocycles. The van der Waals surface area contributed by atoms with E-state index in [-0.39, 0.29) is 4.90 Å². The summed E-state index contributed by atoms with van der Waals surface area (Å²) in [5, 5.41) is 0. The van der Waals surface area contributed by atoms with Gasteiger partial charge in [-0.2, -0.15) is 0 Å². The summed E-state index contributed by atoms with van der Waals surface area (Å²) in [4.78, 5) is 0.226. The average Bonchev–Trinajstić information content (AvgIpc) is 2.45. The molecule has 4 nitrogen and oxygen atoms in total. The summed E-state index contributed by atoms with van der Waals surface area (Å²) in [5.41, 5.74) is 8.07. The van der Waals surface area contributed by atoms with Gasteiger partial charge in [0.1, 0.15) is 4.90 Å². The van der Waals surface area contributed by atoms with E-state index in [0.717, 1.165) is 11.1 Å². The van der Waals surface area contributed by atoms with Crippen LogP contribution in [0.1, 0.15) is 11.1 Å². The predicted molar refractivity (Wildman–Crippen MR) is 88.8 cm³/mol. The first-order valence-corrected chi connectivity index (χ1v) is 8.63. The van der Waals surface area contributed by atoms with Gasteiger partial charge in [0, 0.05) is 18.1 Å². The predicted octanol–water partition coefficient (Wildman–Crippen LogP) is 3.04. The molecule has 2 rings (SSSR count). The van der Waals surface area contributed by atoms with Crippen molar-refractivity contribution >= 4 is 31.6 Å². The van der Waals surface area contributed by atoms with Crippen molar-refractivity contribution in [2.24, 2.45) is 5.73 Å². The molecule has 0 aliphatic heterocycles. The first kappa shape index (κ1) is 16.0. The Bertz CT molecular complexity index is 760. The summed E-state index contributed by atoms with van der Waals surface area (Å²) in [7, 11) is -2.07. The Morgan fingerprint density at radius 3 is 2.48 bits per heavy atom. The number of nitrogens with zero attached hydrogens (tertiary/aromatic N) is 1. The quantitative estimate of drug-likeness (QED) is 0.901. The van der Waals surface area contributed by atoms with E-state index in [4.69, 9.17) is 5.73 Å². The number of nitrogens with two attached hydrogens (primary N) is 1. The second-order valence-corrected chi connectivity index (χ2v) is 7.57. The lowest BCUT2D eigenvalue weighted by molar-refractivity contribution is 0.594. The van der Waals surface area contributed by atoms with Gasteiger partial charge >= 0.3 is 0 Å². The van der Waals surface area contributed by atoms with Crippen LogP contribution in [0.25, 0.3) is 0 Å². The Morgan fingerprint density at radius 1 is 1.19 bits per heavy atom. The van der Waals surface area contributed by atoms with Crippen LogP contribution in [0.3, 0.4) is 0 Å². The molecular weight excluding hydrogens is 352 g/mol. The third-order valence-corrected chi connectivity index (χ3v) is 6.00. The molecule has 0 saturated carbocycles. The van der Waals surface area contributed by atoms with Crippen LogP contribution >= 0.6 is 15.9 Å². The van der Waals surface area contributed by atoms with Gasteiger partial charge < -0.3 is 5.73 Å². The lowest BCUT2D eigenvalue weighted by atomic mass is 10.2. The van der Waals surface area contributed by atoms with Crippen LogP contribution in [-0.2, 0) is 16.6 Å². The third-order valence-electron chi connectivity index (χ3n) is 3.24. The summed E-state index contributed by atoms with van der Waals surface area (Å²) in [6, 6.07) is 12.4. The highest BCUT2D eigenvalue weighted by Crippen LogP contribution is 2.28. The fraction of sp³-hybridized carbons (Fsp3) is 0.200. The molecule has 0 saturated heterocycles. The van der Waals surface area contributed by atoms with Gasteiger partial charge in [0.25, 0.3) is 10.0 Å². The average molecular weight is 369 g/mol. The largest absolute Gasteiger partial charge is 0.326 e. The van der Waals surface area contributed by atoms with E-state index in [2.05, 4.69) is 15.9 Å². The molecular formula is C15H17BrN2O2S. The molecule has 0 radical (unpaired) electrons. The van der Waals surface area contributed by atoms with Crippen LogP contribution in [0, 0.1) is 6.92 Å². The van der Waals surface area contributed by atoms with Crippen molar-refractivity contribution in [1.29, 1.82) is 0 Å². The summed E-state index contributed by atoms with van der Waals surface area (Å²) >= 11 is 3.32. The van der Waals surface area contributed by atoms with Crippen molar-refractivity contribution in [3.05, 3.63) is 58.1 Å². The molecule has 0 fully saturated rings. The van der Waals surface area contributed by atoms with Crippen molar-refractivity contribution in [3.63, 3.8) is 0 Å². The molecule has 2 N–H and O–H groups in total. The van der Waals surface area contributed by atoms with Crippen molar-refractivity contribution in [1.82, 2.24) is 0 Å². The smallest absolute Gasteiger partial charge is 0.265 e. The van der Waals surface area contributed by atoms with Gasteiger partial charge in [0.2, 0.25) is 0 Å². The van der Waals surface area contributed by atoms with Crippen LogP contribution in [0.5, 0.6) is 0 Å². The number of hydrogen-bond donors (Lipinski definition) is 1. The lowest BCUT2D eigenvalue weighted by Gasteiger charge is -2.21. The first-order chi connectivity index (χ1) is 9.86. The molecule has 0 unspecified atom stereocenters. The number of aryl methyl sites for hydroxylation is 1. The highest BCUT2D eigenvalue weighted by Gasteiger charge is 2.23. The minimum Gasteiger partial charge on any atom is -0.326 e. The zero-order chi connectivity index (χ0) is 15.6. The van der Waals surface area contributed by atoms with E-state index in [9.17, 15) is 8.42 Å². The van der Waals surface area contributed by atoms with Crippen LogP contribution in [0.15, 0.2) is 51.8 Å². The Kier molecular flexibility index (Phi) is 4.70. The van der Waals surface area contributed by atoms with Crippen LogP contribution in [-0.4, -0.2) is 15.5 Å². The zero-order valence-electron chi connectivity index (χ0n) is 11.9. The van der Waals surface area contributed by atoms with Crippen LogP contribution < -0.4 is 10.0 Å². The normalized spacial score (nSPS) is 11.4. The molecule has 0 heterocycles. The Hall–Kier alpha value is -1.37. The van der Waals surface area contributed by atoms with Gasteiger partial charge in [-0.25, -0.2) is 8.42 Å². The lowest BCUT2D eigenvalue weighted by Crippen LogP contribution is -2.27. The molecule has 6 heteroatoms. The SMILES string of the molecule is Cc1cccc(N(C)S(=O)(=O)c2ccc(CN)cc2Br)c1. The van der Waals surface area contributed by atoms with Gasteiger partial charge in [-0.05, 0) is 58.2 Å². The standard InChI is InChI=1S/C15H17BrN2O2S/c1-11-4-3-5-13(8-11)18(2)21(19,20)15-7-6-12(10-17)9-14(15)16/h3-9H,10,17H2,1-2H3. The number of halogens is 1. The van der Waals surface area contributed by atoms with E-state index in [1.165, 1.54) is 4.31 Å². The van der Waals surface area contributed by atoms with E-state index in [1.807, 2.05) is 25.1 Å². The first-order valence-electron chi connectivity index (χ1n) is 6.40. The van der Waals surface area contributed by atoms with Gasteiger partial charge in [0.15, 0.2) is 0 Å². The highest BCUT2D eigenvalue weighted by molar-refractivity contribution is 9.10. The van der Waals surface area contributed by atoms with E-state index in [1.54, 1.807) is 31.3 Å². The Morgan fingerprint density at radius 2 is 1.90 bits per heavy atom. The maximum atomic E-state index is 12.7. The molecule has 112 valence electrons. The Balaban J connectivity index is 2.47. The molecule has 0 aliphatic rings. The number of rotatable bonds is 4. The number of sulfonamides is 1. The molecule has 0 atom stereocenters. The molecule has 0 aliphatic carbocycles. The topological polar surface area (TPSA) is 63.4 Å².